The van der Waals surface area contributed by atoms with Crippen molar-refractivity contribution in [3.63, 3.8) is 0 Å². The van der Waals surface area contributed by atoms with Gasteiger partial charge in [0.05, 0.1) is 13.2 Å². The van der Waals surface area contributed by atoms with Crippen LogP contribution in [0.15, 0.2) is 30.3 Å². The van der Waals surface area contributed by atoms with E-state index in [1.807, 2.05) is 0 Å². The summed E-state index contributed by atoms with van der Waals surface area (Å²) in [6, 6.07) is 6.54. The van der Waals surface area contributed by atoms with Crippen molar-refractivity contribution in [2.24, 2.45) is 5.73 Å². The molecule has 15 heteroatoms. The Hall–Kier alpha value is -4.24. The molecule has 1 aliphatic rings. The van der Waals surface area contributed by atoms with E-state index in [4.69, 9.17) is 20.3 Å². The van der Waals surface area contributed by atoms with Crippen LogP contribution in [0.1, 0.15) is 45.6 Å². The number of carboxylic acids is 1. The van der Waals surface area contributed by atoms with Gasteiger partial charge in [0, 0.05) is 32.4 Å². The molecule has 1 aromatic rings. The average Bonchev–Trinajstić information content (AvgIpc) is 2.95. The molecule has 7 N–H and O–H groups in total. The van der Waals surface area contributed by atoms with Gasteiger partial charge in [0.25, 0.3) is 0 Å². The van der Waals surface area contributed by atoms with E-state index >= 15 is 0 Å². The van der Waals surface area contributed by atoms with Gasteiger partial charge in [-0.15, -0.1) is 0 Å². The summed E-state index contributed by atoms with van der Waals surface area (Å²) in [5, 5.41) is 18.5. The molecule has 0 aromatic heterocycles. The predicted octanol–water partition coefficient (Wildman–Crippen LogP) is -0.762. The highest BCUT2D eigenvalue weighted by Crippen LogP contribution is 2.19. The number of carbonyl (C=O) groups excluding carboxylic acids is 5. The van der Waals surface area contributed by atoms with Gasteiger partial charge in [0.15, 0.2) is 0 Å². The Bertz CT molecular complexity index is 1130. The Morgan fingerprint density at radius 2 is 1.63 bits per heavy atom. The maximum Gasteiger partial charge on any atom is 0.412 e. The smallest absolute Gasteiger partial charge is 0.412 e. The first kappa shape index (κ1) is 35.0. The molecule has 2 rings (SSSR count). The summed E-state index contributed by atoms with van der Waals surface area (Å²) in [6.07, 6.45) is -0.394. The minimum atomic E-state index is -1.24. The molecule has 0 aliphatic carbocycles. The van der Waals surface area contributed by atoms with Crippen molar-refractivity contribution in [2.75, 3.05) is 32.8 Å². The van der Waals surface area contributed by atoms with Crippen LogP contribution >= 0.6 is 0 Å². The van der Waals surface area contributed by atoms with Gasteiger partial charge in [0.1, 0.15) is 30.5 Å². The Kier molecular flexibility index (Phi) is 13.8. The lowest BCUT2D eigenvalue weighted by atomic mass is 10.1. The summed E-state index contributed by atoms with van der Waals surface area (Å²) in [6.45, 7) is 4.70. The average molecular weight is 607 g/mol. The Morgan fingerprint density at radius 1 is 1.00 bits per heavy atom. The van der Waals surface area contributed by atoms with Gasteiger partial charge in [-0.1, -0.05) is 30.3 Å². The first-order valence-electron chi connectivity index (χ1n) is 14.0. The molecule has 0 saturated carbocycles. The van der Waals surface area contributed by atoms with Crippen LogP contribution in [0.4, 0.5) is 4.79 Å². The molecule has 1 aliphatic heterocycles. The summed E-state index contributed by atoms with van der Waals surface area (Å²) in [5.74, 6) is -3.88. The molecule has 1 fully saturated rings. The third-order valence-corrected chi connectivity index (χ3v) is 6.11. The summed E-state index contributed by atoms with van der Waals surface area (Å²) in [5.41, 5.74) is 5.71. The lowest BCUT2D eigenvalue weighted by Gasteiger charge is -2.36. The molecule has 0 radical (unpaired) electrons. The molecular formula is C28H42N6O9. The number of nitrogens with one attached hydrogen (secondary N) is 4. The highest BCUT2D eigenvalue weighted by Gasteiger charge is 2.32. The number of amides is 5. The van der Waals surface area contributed by atoms with E-state index < -0.39 is 72.7 Å². The summed E-state index contributed by atoms with van der Waals surface area (Å²) >= 11 is 0. The van der Waals surface area contributed by atoms with Crippen molar-refractivity contribution in [2.45, 2.75) is 70.4 Å². The van der Waals surface area contributed by atoms with Crippen LogP contribution in [0, 0.1) is 0 Å². The number of hydrogen-bond acceptors (Lipinski definition) is 9. The van der Waals surface area contributed by atoms with Crippen LogP contribution < -0.4 is 27.0 Å². The zero-order chi connectivity index (χ0) is 32.0. The number of nitrogens with two attached hydrogens (primary N) is 1. The fraction of sp³-hybridized carbons (Fsp3) is 0.571. The zero-order valence-corrected chi connectivity index (χ0v) is 24.7. The van der Waals surface area contributed by atoms with Crippen LogP contribution in [0.3, 0.4) is 0 Å². The van der Waals surface area contributed by atoms with E-state index in [0.717, 1.165) is 5.56 Å². The van der Waals surface area contributed by atoms with Crippen LogP contribution in [-0.4, -0.2) is 102 Å². The van der Waals surface area contributed by atoms with Crippen LogP contribution in [0.2, 0.25) is 0 Å². The number of rotatable bonds is 14. The highest BCUT2D eigenvalue weighted by molar-refractivity contribution is 5.93. The topological polar surface area (TPSA) is 218 Å². The number of carboxylic acid groups (broad SMARTS) is 1. The minimum absolute atomic E-state index is 0.0686. The maximum atomic E-state index is 12.7. The second kappa shape index (κ2) is 17.0. The molecular weight excluding hydrogens is 564 g/mol. The van der Waals surface area contributed by atoms with Gasteiger partial charge in [-0.3, -0.25) is 28.9 Å². The lowest BCUT2D eigenvalue weighted by Crippen LogP contribution is -2.54. The van der Waals surface area contributed by atoms with Gasteiger partial charge in [-0.25, -0.2) is 4.79 Å². The normalized spacial score (nSPS) is 16.3. The SMILES string of the molecule is CC(C)(C)OC(=O)N1CCCOC1CCC(=O)N[C@@H](CN)C(=O)NCC(=O)N[C@@H](Cc1ccccc1)C(=O)NCC(=O)O. The first-order chi connectivity index (χ1) is 20.3. The van der Waals surface area contributed by atoms with Crippen molar-refractivity contribution < 1.29 is 43.3 Å². The summed E-state index contributed by atoms with van der Waals surface area (Å²) in [7, 11) is 0. The van der Waals surface area contributed by atoms with E-state index in [-0.39, 0.29) is 25.8 Å². The molecule has 1 unspecified atom stereocenters. The molecule has 5 amide bonds. The highest BCUT2D eigenvalue weighted by atomic mass is 16.6. The second-order valence-electron chi connectivity index (χ2n) is 10.9. The summed E-state index contributed by atoms with van der Waals surface area (Å²) in [4.78, 5) is 75.2. The number of ether oxygens (including phenoxy) is 2. The van der Waals surface area contributed by atoms with Gasteiger partial charge >= 0.3 is 12.1 Å². The molecule has 43 heavy (non-hydrogen) atoms. The van der Waals surface area contributed by atoms with Crippen molar-refractivity contribution in [3.05, 3.63) is 35.9 Å². The molecule has 0 spiro atoms. The maximum absolute atomic E-state index is 12.7. The first-order valence-corrected chi connectivity index (χ1v) is 14.0. The van der Waals surface area contributed by atoms with Gasteiger partial charge in [0.2, 0.25) is 23.6 Å². The van der Waals surface area contributed by atoms with Crippen molar-refractivity contribution in [1.82, 2.24) is 26.2 Å². The van der Waals surface area contributed by atoms with E-state index in [1.165, 1.54) is 4.90 Å². The predicted molar refractivity (Wildman–Crippen MR) is 153 cm³/mol. The molecule has 1 aromatic carbocycles. The van der Waals surface area contributed by atoms with E-state index in [9.17, 15) is 28.8 Å². The fourth-order valence-corrected chi connectivity index (χ4v) is 4.09. The minimum Gasteiger partial charge on any atom is -0.480 e. The quantitative estimate of drug-likeness (QED) is 0.155. The number of nitrogens with zero attached hydrogens (tertiary/aromatic N) is 1. The van der Waals surface area contributed by atoms with E-state index in [1.54, 1.807) is 51.1 Å². The molecule has 238 valence electrons. The molecule has 15 nitrogen and oxygen atoms in total. The molecule has 3 atom stereocenters. The van der Waals surface area contributed by atoms with Crippen LogP contribution in [-0.2, 0) is 39.9 Å². The summed E-state index contributed by atoms with van der Waals surface area (Å²) < 4.78 is 11.1. The van der Waals surface area contributed by atoms with Crippen molar-refractivity contribution >= 4 is 35.7 Å². The number of carbonyl (C=O) groups is 6. The Balaban J connectivity index is 1.87. The van der Waals surface area contributed by atoms with Crippen LogP contribution in [0.5, 0.6) is 0 Å². The number of hydrogen-bond donors (Lipinski definition) is 6. The van der Waals surface area contributed by atoms with E-state index in [2.05, 4.69) is 21.3 Å². The van der Waals surface area contributed by atoms with Gasteiger partial charge < -0.3 is 41.6 Å². The van der Waals surface area contributed by atoms with Gasteiger partial charge in [-0.2, -0.15) is 0 Å². The monoisotopic (exact) mass is 606 g/mol. The van der Waals surface area contributed by atoms with Crippen LogP contribution in [0.25, 0.3) is 0 Å². The zero-order valence-electron chi connectivity index (χ0n) is 24.7. The lowest BCUT2D eigenvalue weighted by molar-refractivity contribution is -0.138. The number of aliphatic carboxylic acids is 1. The van der Waals surface area contributed by atoms with Gasteiger partial charge in [-0.05, 0) is 32.8 Å². The molecule has 1 saturated heterocycles. The Labute approximate surface area is 250 Å². The number of benzene rings is 1. The molecule has 1 heterocycles. The van der Waals surface area contributed by atoms with E-state index in [0.29, 0.717) is 19.6 Å². The third kappa shape index (κ3) is 13.1. The van der Waals surface area contributed by atoms with Crippen molar-refractivity contribution in [1.29, 1.82) is 0 Å². The third-order valence-electron chi connectivity index (χ3n) is 6.11. The fourth-order valence-electron chi connectivity index (χ4n) is 4.09. The Morgan fingerprint density at radius 3 is 2.26 bits per heavy atom. The standard InChI is InChI=1S/C28H42N6O9/c1-28(2,3)43-27(41)34-12-7-13-42-23(34)11-10-21(35)33-20(15-29)26(40)30-16-22(36)32-19(25(39)31-17-24(37)38)14-18-8-5-4-6-9-18/h4-6,8-9,19-20,23H,7,10-17,29H2,1-3H3,(H,30,40)(H,31,39)(H,32,36)(H,33,35)(H,37,38)/t19-,20-,23?/m0/s1. The molecule has 0 bridgehead atoms. The van der Waals surface area contributed by atoms with Crippen molar-refractivity contribution in [3.8, 4) is 0 Å². The second-order valence-corrected chi connectivity index (χ2v) is 10.9. The largest absolute Gasteiger partial charge is 0.480 e.